The molecule has 2 saturated heterocycles. The number of carbonyl (C=O) groups excluding carboxylic acids is 2. The molecule has 0 aromatic heterocycles. The Balaban J connectivity index is 1.67. The van der Waals surface area contributed by atoms with Gasteiger partial charge < -0.3 is 24.4 Å². The number of quaternary nitrogens is 1. The normalized spacial score (nSPS) is 19.8. The number of hydrogen-bond acceptors (Lipinski definition) is 7. The summed E-state index contributed by atoms with van der Waals surface area (Å²) in [7, 11) is 0. The van der Waals surface area contributed by atoms with Crippen molar-refractivity contribution in [3.05, 3.63) is 75.3 Å². The molecular formula is C27H31N3O7. The molecular weight excluding hydrogens is 478 g/mol. The van der Waals surface area contributed by atoms with Crippen LogP contribution in [0.3, 0.4) is 0 Å². The Bertz CT molecular complexity index is 1170. The minimum Gasteiger partial charge on any atom is -0.872 e. The molecule has 2 aliphatic rings. The zero-order chi connectivity index (χ0) is 26.4. The number of ether oxygens (including phenoxy) is 2. The number of rotatable bonds is 10. The van der Waals surface area contributed by atoms with Crippen LogP contribution in [0.4, 0.5) is 5.69 Å². The van der Waals surface area contributed by atoms with Crippen LogP contribution >= 0.6 is 0 Å². The number of nitro groups is 1. The molecule has 4 rings (SSSR count). The molecule has 196 valence electrons. The van der Waals surface area contributed by atoms with Crippen molar-refractivity contribution in [3.63, 3.8) is 0 Å². The van der Waals surface area contributed by atoms with Gasteiger partial charge in [-0.25, -0.2) is 0 Å². The second-order valence-corrected chi connectivity index (χ2v) is 9.16. The molecule has 0 aliphatic carbocycles. The SMILES string of the molecule is CCCOc1ccc(/C([O-])=C2\C(=O)C(=O)N(CCC[NH+]3CCOCC3)C2c2cccc([N+](=O)[O-])c2)cc1. The van der Waals surface area contributed by atoms with E-state index >= 15 is 0 Å². The summed E-state index contributed by atoms with van der Waals surface area (Å²) < 4.78 is 11.0. The van der Waals surface area contributed by atoms with Crippen molar-refractivity contribution in [3.8, 4) is 5.75 Å². The van der Waals surface area contributed by atoms with Crippen LogP contribution < -0.4 is 14.7 Å². The van der Waals surface area contributed by atoms with Gasteiger partial charge in [0.05, 0.1) is 37.3 Å². The third-order valence-corrected chi connectivity index (χ3v) is 6.64. The van der Waals surface area contributed by atoms with Gasteiger partial charge in [-0.1, -0.05) is 36.9 Å². The number of nitrogens with zero attached hydrogens (tertiary/aromatic N) is 2. The molecule has 0 bridgehead atoms. The third kappa shape index (κ3) is 5.98. The lowest BCUT2D eigenvalue weighted by molar-refractivity contribution is -0.908. The van der Waals surface area contributed by atoms with E-state index in [0.29, 0.717) is 37.6 Å². The number of likely N-dealkylation sites (tertiary alicyclic amines) is 1. The van der Waals surface area contributed by atoms with Crippen molar-refractivity contribution >= 4 is 23.1 Å². The Hall–Kier alpha value is -3.76. The molecule has 10 nitrogen and oxygen atoms in total. The molecule has 1 N–H and O–H groups in total. The van der Waals surface area contributed by atoms with Crippen molar-refractivity contribution in [2.45, 2.75) is 25.8 Å². The Kier molecular flexibility index (Phi) is 8.52. The van der Waals surface area contributed by atoms with Crippen LogP contribution in [0.2, 0.25) is 0 Å². The van der Waals surface area contributed by atoms with E-state index in [2.05, 4.69) is 0 Å². The first kappa shape index (κ1) is 26.3. The van der Waals surface area contributed by atoms with Gasteiger partial charge in [-0.2, -0.15) is 0 Å². The summed E-state index contributed by atoms with van der Waals surface area (Å²) >= 11 is 0. The van der Waals surface area contributed by atoms with Gasteiger partial charge in [-0.05, 0) is 29.7 Å². The van der Waals surface area contributed by atoms with Crippen molar-refractivity contribution in [1.82, 2.24) is 4.90 Å². The minimum atomic E-state index is -0.997. The van der Waals surface area contributed by atoms with Crippen LogP contribution in [0.1, 0.15) is 36.9 Å². The number of ketones is 1. The molecule has 10 heteroatoms. The number of morpholine rings is 1. The van der Waals surface area contributed by atoms with E-state index in [1.807, 2.05) is 6.92 Å². The molecule has 1 amide bonds. The van der Waals surface area contributed by atoms with E-state index in [-0.39, 0.29) is 23.4 Å². The van der Waals surface area contributed by atoms with Gasteiger partial charge in [0.25, 0.3) is 11.6 Å². The molecule has 2 aromatic rings. The number of nitro benzene ring substituents is 1. The van der Waals surface area contributed by atoms with Gasteiger partial charge in [0.2, 0.25) is 5.78 Å². The van der Waals surface area contributed by atoms with Crippen molar-refractivity contribution in [1.29, 1.82) is 0 Å². The van der Waals surface area contributed by atoms with Gasteiger partial charge in [0.1, 0.15) is 18.8 Å². The number of non-ortho nitro benzene ring substituents is 1. The molecule has 2 aliphatic heterocycles. The van der Waals surface area contributed by atoms with Gasteiger partial charge in [0.15, 0.2) is 0 Å². The van der Waals surface area contributed by atoms with Crippen LogP contribution in [0.5, 0.6) is 5.75 Å². The molecule has 2 heterocycles. The van der Waals surface area contributed by atoms with Gasteiger partial charge >= 0.3 is 0 Å². The summed E-state index contributed by atoms with van der Waals surface area (Å²) in [6, 6.07) is 11.2. The largest absolute Gasteiger partial charge is 0.872 e. The van der Waals surface area contributed by atoms with E-state index in [1.165, 1.54) is 28.0 Å². The zero-order valence-electron chi connectivity index (χ0n) is 20.8. The molecule has 0 radical (unpaired) electrons. The Labute approximate surface area is 215 Å². The Morgan fingerprint density at radius 1 is 1.16 bits per heavy atom. The summed E-state index contributed by atoms with van der Waals surface area (Å²) in [5, 5.41) is 25.0. The van der Waals surface area contributed by atoms with Crippen LogP contribution in [0, 0.1) is 10.1 Å². The average Bonchev–Trinajstić information content (AvgIpc) is 3.17. The molecule has 0 saturated carbocycles. The molecule has 2 aromatic carbocycles. The van der Waals surface area contributed by atoms with Crippen molar-refractivity contribution in [2.75, 3.05) is 46.0 Å². The van der Waals surface area contributed by atoms with Gasteiger partial charge in [-0.15, -0.1) is 0 Å². The summed E-state index contributed by atoms with van der Waals surface area (Å²) in [5.74, 6) is -1.61. The highest BCUT2D eigenvalue weighted by atomic mass is 16.6. The van der Waals surface area contributed by atoms with Gasteiger partial charge in [0, 0.05) is 30.7 Å². The number of benzene rings is 2. The van der Waals surface area contributed by atoms with Crippen LogP contribution in [-0.2, 0) is 14.3 Å². The average molecular weight is 510 g/mol. The van der Waals surface area contributed by atoms with E-state index in [4.69, 9.17) is 9.47 Å². The predicted octanol–water partition coefficient (Wildman–Crippen LogP) is 0.913. The fourth-order valence-corrected chi connectivity index (χ4v) is 4.74. The first-order valence-electron chi connectivity index (χ1n) is 12.6. The smallest absolute Gasteiger partial charge is 0.295 e. The number of hydrogen-bond donors (Lipinski definition) is 1. The van der Waals surface area contributed by atoms with E-state index in [0.717, 1.165) is 26.1 Å². The quantitative estimate of drug-likeness (QED) is 0.166. The lowest BCUT2D eigenvalue weighted by Gasteiger charge is -2.29. The summed E-state index contributed by atoms with van der Waals surface area (Å²) in [5.41, 5.74) is 0.242. The summed E-state index contributed by atoms with van der Waals surface area (Å²) in [6.45, 7) is 6.66. The maximum absolute atomic E-state index is 13.6. The minimum absolute atomic E-state index is 0.175. The Morgan fingerprint density at radius 2 is 1.89 bits per heavy atom. The number of Topliss-reactive ketones (excluding diaryl/α,β-unsaturated/α-hetero) is 1. The second kappa shape index (κ2) is 12.0. The fraction of sp³-hybridized carbons (Fsp3) is 0.407. The molecule has 0 spiro atoms. The summed E-state index contributed by atoms with van der Waals surface area (Å²) in [6.07, 6.45) is 1.45. The van der Waals surface area contributed by atoms with Gasteiger partial charge in [-0.3, -0.25) is 19.7 Å². The maximum atomic E-state index is 13.6. The number of nitrogens with one attached hydrogen (secondary N) is 1. The third-order valence-electron chi connectivity index (χ3n) is 6.64. The number of carbonyl (C=O) groups is 2. The maximum Gasteiger partial charge on any atom is 0.295 e. The summed E-state index contributed by atoms with van der Waals surface area (Å²) in [4.78, 5) is 39.9. The van der Waals surface area contributed by atoms with Crippen LogP contribution in [-0.4, -0.2) is 67.5 Å². The first-order valence-corrected chi connectivity index (χ1v) is 12.6. The van der Waals surface area contributed by atoms with Crippen molar-refractivity contribution < 1.29 is 34.0 Å². The number of amides is 1. The van der Waals surface area contributed by atoms with Crippen LogP contribution in [0.15, 0.2) is 54.1 Å². The molecule has 37 heavy (non-hydrogen) atoms. The molecule has 1 atom stereocenters. The first-order chi connectivity index (χ1) is 17.9. The topological polar surface area (TPSA) is 126 Å². The van der Waals surface area contributed by atoms with E-state index in [1.54, 1.807) is 30.3 Å². The van der Waals surface area contributed by atoms with E-state index in [9.17, 15) is 24.8 Å². The lowest BCUT2D eigenvalue weighted by atomic mass is 9.95. The second-order valence-electron chi connectivity index (χ2n) is 9.16. The fourth-order valence-electron chi connectivity index (χ4n) is 4.74. The predicted molar refractivity (Wildman–Crippen MR) is 133 cm³/mol. The molecule has 2 fully saturated rings. The highest BCUT2D eigenvalue weighted by molar-refractivity contribution is 6.46. The highest BCUT2D eigenvalue weighted by Gasteiger charge is 2.44. The Morgan fingerprint density at radius 3 is 2.57 bits per heavy atom. The van der Waals surface area contributed by atoms with Crippen LogP contribution in [0.25, 0.3) is 5.76 Å². The highest BCUT2D eigenvalue weighted by Crippen LogP contribution is 2.39. The standard InChI is InChI=1S/C27H31N3O7/c1-2-15-37-22-9-7-19(8-10-22)25(31)23-24(20-5-3-6-21(18-20)30(34)35)29(27(33)26(23)32)12-4-11-28-13-16-36-17-14-28/h3,5-10,18,24,31H,2,4,11-17H2,1H3/b25-23+. The zero-order valence-corrected chi connectivity index (χ0v) is 20.8. The molecule has 1 unspecified atom stereocenters. The lowest BCUT2D eigenvalue weighted by Crippen LogP contribution is -3.14. The van der Waals surface area contributed by atoms with Crippen molar-refractivity contribution in [2.24, 2.45) is 0 Å². The monoisotopic (exact) mass is 509 g/mol. The van der Waals surface area contributed by atoms with E-state index < -0.39 is 28.4 Å².